The van der Waals surface area contributed by atoms with Crippen molar-refractivity contribution in [2.24, 2.45) is 0 Å². The maximum atomic E-state index is 6.06. The van der Waals surface area contributed by atoms with E-state index in [1.807, 2.05) is 12.1 Å². The van der Waals surface area contributed by atoms with Crippen LogP contribution in [0.2, 0.25) is 5.02 Å². The fourth-order valence-corrected chi connectivity index (χ4v) is 2.01. The molecule has 1 atom stereocenters. The van der Waals surface area contributed by atoms with Crippen LogP contribution in [0, 0.1) is 0 Å². The second kappa shape index (κ2) is 4.73. The van der Waals surface area contributed by atoms with Crippen LogP contribution in [0.1, 0.15) is 18.2 Å². The lowest BCUT2D eigenvalue weighted by atomic mass is 10.2. The molecule has 1 unspecified atom stereocenters. The maximum Gasteiger partial charge on any atom is 0.249 e. The van der Waals surface area contributed by atoms with E-state index in [1.54, 1.807) is 13.0 Å². The number of alkyl halides is 1. The van der Waals surface area contributed by atoms with Crippen LogP contribution in [0.5, 0.6) is 0 Å². The topological polar surface area (TPSA) is 38.9 Å². The first-order valence-electron chi connectivity index (χ1n) is 4.51. The van der Waals surface area contributed by atoms with Crippen molar-refractivity contribution in [1.29, 1.82) is 0 Å². The summed E-state index contributed by atoms with van der Waals surface area (Å²) in [6.07, 6.45) is 0. The van der Waals surface area contributed by atoms with E-state index in [9.17, 15) is 0 Å². The van der Waals surface area contributed by atoms with E-state index in [2.05, 4.69) is 26.1 Å². The molecule has 0 aliphatic rings. The Balaban J connectivity index is 2.42. The minimum atomic E-state index is -0.310. The van der Waals surface area contributed by atoms with Crippen molar-refractivity contribution in [2.45, 2.75) is 12.3 Å². The molecule has 1 aromatic carbocycles. The number of hydrogen-bond donors (Lipinski definition) is 0. The third-order valence-electron chi connectivity index (χ3n) is 1.94. The highest BCUT2D eigenvalue weighted by molar-refractivity contribution is 9.10. The first kappa shape index (κ1) is 11.9. The van der Waals surface area contributed by atoms with Crippen LogP contribution in [0.15, 0.2) is 27.1 Å². The summed E-state index contributed by atoms with van der Waals surface area (Å²) in [4.78, 5) is 0. The molecule has 0 bridgehead atoms. The molecular weight excluding hydrogens is 315 g/mol. The van der Waals surface area contributed by atoms with E-state index >= 15 is 0 Å². The molecule has 1 aromatic heterocycles. The maximum absolute atomic E-state index is 6.06. The van der Waals surface area contributed by atoms with E-state index < -0.39 is 0 Å². The molecule has 16 heavy (non-hydrogen) atoms. The summed E-state index contributed by atoms with van der Waals surface area (Å²) in [6, 6.07) is 5.43. The van der Waals surface area contributed by atoms with Crippen molar-refractivity contribution in [3.63, 3.8) is 0 Å². The zero-order chi connectivity index (χ0) is 11.7. The van der Waals surface area contributed by atoms with Crippen LogP contribution in [-0.4, -0.2) is 10.2 Å². The average molecular weight is 322 g/mol. The lowest BCUT2D eigenvalue weighted by Gasteiger charge is -1.99. The standard InChI is InChI=1S/C10H7BrCl2N2O/c1-5(12)9-14-15-10(16-9)7-3-2-6(11)4-8(7)13/h2-5H,1H3. The molecule has 2 rings (SSSR count). The summed E-state index contributed by atoms with van der Waals surface area (Å²) < 4.78 is 6.29. The monoisotopic (exact) mass is 320 g/mol. The molecule has 6 heteroatoms. The molecule has 0 aliphatic heterocycles. The summed E-state index contributed by atoms with van der Waals surface area (Å²) in [5, 5.41) is 7.97. The Kier molecular flexibility index (Phi) is 3.52. The third-order valence-corrected chi connectivity index (χ3v) is 2.94. The Morgan fingerprint density at radius 2 is 2.12 bits per heavy atom. The van der Waals surface area contributed by atoms with E-state index in [4.69, 9.17) is 27.6 Å². The van der Waals surface area contributed by atoms with Gasteiger partial charge in [-0.1, -0.05) is 27.5 Å². The van der Waals surface area contributed by atoms with Gasteiger partial charge < -0.3 is 4.42 Å². The summed E-state index contributed by atoms with van der Waals surface area (Å²) in [7, 11) is 0. The second-order valence-electron chi connectivity index (χ2n) is 3.19. The molecule has 2 aromatic rings. The van der Waals surface area contributed by atoms with Crippen LogP contribution in [0.25, 0.3) is 11.5 Å². The molecule has 0 aliphatic carbocycles. The molecule has 0 amide bonds. The van der Waals surface area contributed by atoms with E-state index in [0.29, 0.717) is 22.4 Å². The van der Waals surface area contributed by atoms with Gasteiger partial charge in [0.1, 0.15) is 5.38 Å². The number of aromatic nitrogens is 2. The van der Waals surface area contributed by atoms with Gasteiger partial charge in [0, 0.05) is 4.47 Å². The summed E-state index contributed by atoms with van der Waals surface area (Å²) >= 11 is 15.2. The lowest BCUT2D eigenvalue weighted by Crippen LogP contribution is -1.81. The molecule has 0 spiro atoms. The molecule has 0 fully saturated rings. The Labute approximate surface area is 111 Å². The van der Waals surface area contributed by atoms with Gasteiger partial charge in [0.25, 0.3) is 0 Å². The van der Waals surface area contributed by atoms with Crippen molar-refractivity contribution in [1.82, 2.24) is 10.2 Å². The summed E-state index contributed by atoms with van der Waals surface area (Å²) in [5.74, 6) is 0.760. The van der Waals surface area contributed by atoms with E-state index in [0.717, 1.165) is 4.47 Å². The highest BCUT2D eigenvalue weighted by Crippen LogP contribution is 2.30. The second-order valence-corrected chi connectivity index (χ2v) is 5.16. The van der Waals surface area contributed by atoms with Gasteiger partial charge in [0.15, 0.2) is 0 Å². The molecule has 0 N–H and O–H groups in total. The summed E-state index contributed by atoms with van der Waals surface area (Å²) in [5.41, 5.74) is 0.695. The van der Waals surface area contributed by atoms with Crippen LogP contribution >= 0.6 is 39.1 Å². The number of hydrogen-bond acceptors (Lipinski definition) is 3. The van der Waals surface area contributed by atoms with Gasteiger partial charge in [-0.15, -0.1) is 21.8 Å². The zero-order valence-corrected chi connectivity index (χ0v) is 11.3. The molecule has 3 nitrogen and oxygen atoms in total. The van der Waals surface area contributed by atoms with Gasteiger partial charge in [-0.05, 0) is 25.1 Å². The number of benzene rings is 1. The number of nitrogens with zero attached hydrogens (tertiary/aromatic N) is 2. The largest absolute Gasteiger partial charge is 0.419 e. The number of rotatable bonds is 2. The Morgan fingerprint density at radius 1 is 1.38 bits per heavy atom. The summed E-state index contributed by atoms with van der Waals surface area (Å²) in [6.45, 7) is 1.77. The normalized spacial score (nSPS) is 12.8. The van der Waals surface area contributed by atoms with Gasteiger partial charge >= 0.3 is 0 Å². The lowest BCUT2D eigenvalue weighted by molar-refractivity contribution is 0.507. The number of halogens is 3. The van der Waals surface area contributed by atoms with Crippen LogP contribution in [0.3, 0.4) is 0 Å². The Morgan fingerprint density at radius 3 is 2.69 bits per heavy atom. The van der Waals surface area contributed by atoms with Crippen LogP contribution in [0.4, 0.5) is 0 Å². The SMILES string of the molecule is CC(Cl)c1nnc(-c2ccc(Br)cc2Cl)o1. The van der Waals surface area contributed by atoms with E-state index in [1.165, 1.54) is 0 Å². The molecule has 0 radical (unpaired) electrons. The minimum absolute atomic E-state index is 0.310. The van der Waals surface area contributed by atoms with Gasteiger partial charge in [0.05, 0.1) is 10.6 Å². The quantitative estimate of drug-likeness (QED) is 0.767. The third kappa shape index (κ3) is 2.39. The molecule has 84 valence electrons. The molecule has 0 saturated heterocycles. The Hall–Kier alpha value is -0.580. The molecule has 1 heterocycles. The highest BCUT2D eigenvalue weighted by Gasteiger charge is 2.14. The fourth-order valence-electron chi connectivity index (χ4n) is 1.17. The van der Waals surface area contributed by atoms with Crippen molar-refractivity contribution >= 4 is 39.1 Å². The van der Waals surface area contributed by atoms with Crippen LogP contribution < -0.4 is 0 Å². The predicted octanol–water partition coefficient (Wildman–Crippen LogP) is 4.45. The molecular formula is C10H7BrCl2N2O. The van der Waals surface area contributed by atoms with Crippen molar-refractivity contribution in [3.05, 3.63) is 33.6 Å². The smallest absolute Gasteiger partial charge is 0.249 e. The average Bonchev–Trinajstić information content (AvgIpc) is 2.66. The Bertz CT molecular complexity index is 513. The zero-order valence-electron chi connectivity index (χ0n) is 8.25. The highest BCUT2D eigenvalue weighted by atomic mass is 79.9. The van der Waals surface area contributed by atoms with Gasteiger partial charge in [-0.25, -0.2) is 0 Å². The van der Waals surface area contributed by atoms with Gasteiger partial charge in [-0.3, -0.25) is 0 Å². The van der Waals surface area contributed by atoms with Crippen molar-refractivity contribution in [2.75, 3.05) is 0 Å². The van der Waals surface area contributed by atoms with Crippen LogP contribution in [-0.2, 0) is 0 Å². The fraction of sp³-hybridized carbons (Fsp3) is 0.200. The van der Waals surface area contributed by atoms with Gasteiger partial charge in [-0.2, -0.15) is 0 Å². The van der Waals surface area contributed by atoms with Gasteiger partial charge in [0.2, 0.25) is 11.8 Å². The first-order chi connectivity index (χ1) is 7.58. The predicted molar refractivity (Wildman–Crippen MR) is 66.7 cm³/mol. The first-order valence-corrected chi connectivity index (χ1v) is 6.11. The minimum Gasteiger partial charge on any atom is -0.419 e. The van der Waals surface area contributed by atoms with Crippen molar-refractivity contribution < 1.29 is 4.42 Å². The van der Waals surface area contributed by atoms with E-state index in [-0.39, 0.29) is 5.38 Å². The van der Waals surface area contributed by atoms with Crippen molar-refractivity contribution in [3.8, 4) is 11.5 Å². The molecule has 0 saturated carbocycles.